The van der Waals surface area contributed by atoms with E-state index in [1.165, 1.54) is 9.75 Å². The Bertz CT molecular complexity index is 548. The van der Waals surface area contributed by atoms with E-state index in [9.17, 15) is 4.79 Å². The average molecular weight is 292 g/mol. The van der Waals surface area contributed by atoms with Crippen LogP contribution in [0.15, 0.2) is 34.9 Å². The van der Waals surface area contributed by atoms with Gasteiger partial charge in [-0.1, -0.05) is 0 Å². The Morgan fingerprint density at radius 2 is 2.15 bits per heavy atom. The molecule has 1 amide bonds. The first-order valence-electron chi connectivity index (χ1n) is 6.68. The molecule has 0 bridgehead atoms. The van der Waals surface area contributed by atoms with E-state index >= 15 is 0 Å². The van der Waals surface area contributed by atoms with E-state index in [-0.39, 0.29) is 18.0 Å². The Morgan fingerprint density at radius 3 is 2.75 bits per heavy atom. The lowest BCUT2D eigenvalue weighted by molar-refractivity contribution is -0.123. The van der Waals surface area contributed by atoms with Crippen LogP contribution < -0.4 is 10.6 Å². The fraction of sp³-hybridized carbons (Fsp3) is 0.400. The molecule has 0 saturated carbocycles. The van der Waals surface area contributed by atoms with Crippen molar-refractivity contribution in [3.05, 3.63) is 46.0 Å². The molecule has 20 heavy (non-hydrogen) atoms. The van der Waals surface area contributed by atoms with Crippen LogP contribution in [0.4, 0.5) is 0 Å². The minimum absolute atomic E-state index is 0.0264. The molecular formula is C15H20N2O2S. The maximum atomic E-state index is 12.0. The zero-order valence-electron chi connectivity index (χ0n) is 12.0. The number of rotatable bonds is 6. The van der Waals surface area contributed by atoms with Crippen LogP contribution in [0.1, 0.15) is 35.4 Å². The van der Waals surface area contributed by atoms with Gasteiger partial charge in [0.25, 0.3) is 0 Å². The van der Waals surface area contributed by atoms with Crippen LogP contribution in [-0.4, -0.2) is 11.9 Å². The molecule has 5 heteroatoms. The predicted octanol–water partition coefficient (Wildman–Crippen LogP) is 3.01. The van der Waals surface area contributed by atoms with Gasteiger partial charge < -0.3 is 9.73 Å². The topological polar surface area (TPSA) is 54.3 Å². The molecular weight excluding hydrogens is 272 g/mol. The Hall–Kier alpha value is -1.59. The lowest BCUT2D eigenvalue weighted by Gasteiger charge is -2.18. The van der Waals surface area contributed by atoms with Gasteiger partial charge >= 0.3 is 0 Å². The molecule has 4 nitrogen and oxygen atoms in total. The number of hydrogen-bond acceptors (Lipinski definition) is 4. The van der Waals surface area contributed by atoms with Crippen LogP contribution in [0.3, 0.4) is 0 Å². The Morgan fingerprint density at radius 1 is 1.35 bits per heavy atom. The van der Waals surface area contributed by atoms with Gasteiger partial charge in [0, 0.05) is 15.8 Å². The lowest BCUT2D eigenvalue weighted by Crippen LogP contribution is -2.42. The van der Waals surface area contributed by atoms with Crippen molar-refractivity contribution in [3.8, 4) is 0 Å². The van der Waals surface area contributed by atoms with E-state index in [1.807, 2.05) is 19.1 Å². The summed E-state index contributed by atoms with van der Waals surface area (Å²) in [4.78, 5) is 14.5. The van der Waals surface area contributed by atoms with E-state index < -0.39 is 0 Å². The summed E-state index contributed by atoms with van der Waals surface area (Å²) in [5, 5.41) is 6.16. The van der Waals surface area contributed by atoms with Gasteiger partial charge in [-0.3, -0.25) is 10.1 Å². The second kappa shape index (κ2) is 6.72. The van der Waals surface area contributed by atoms with Crippen molar-refractivity contribution in [1.29, 1.82) is 0 Å². The smallest absolute Gasteiger partial charge is 0.237 e. The van der Waals surface area contributed by atoms with Crippen molar-refractivity contribution in [2.24, 2.45) is 0 Å². The zero-order valence-corrected chi connectivity index (χ0v) is 12.8. The molecule has 108 valence electrons. The number of aryl methyl sites for hydroxylation is 1. The Balaban J connectivity index is 1.81. The van der Waals surface area contributed by atoms with Crippen LogP contribution in [0.25, 0.3) is 0 Å². The molecule has 2 rings (SSSR count). The quantitative estimate of drug-likeness (QED) is 0.860. The van der Waals surface area contributed by atoms with Crippen molar-refractivity contribution in [1.82, 2.24) is 10.6 Å². The summed E-state index contributed by atoms with van der Waals surface area (Å²) < 4.78 is 5.18. The van der Waals surface area contributed by atoms with Crippen LogP contribution in [0, 0.1) is 6.92 Å². The van der Waals surface area contributed by atoms with Crippen LogP contribution in [-0.2, 0) is 11.3 Å². The zero-order chi connectivity index (χ0) is 14.5. The van der Waals surface area contributed by atoms with E-state index in [4.69, 9.17) is 4.42 Å². The first kappa shape index (κ1) is 14.8. The molecule has 2 atom stereocenters. The molecule has 0 aliphatic rings. The van der Waals surface area contributed by atoms with E-state index in [0.29, 0.717) is 6.54 Å². The normalized spacial score (nSPS) is 13.9. The molecule has 0 aliphatic carbocycles. The molecule has 0 radical (unpaired) electrons. The van der Waals surface area contributed by atoms with Gasteiger partial charge in [-0.25, -0.2) is 0 Å². The third kappa shape index (κ3) is 3.95. The van der Waals surface area contributed by atoms with Crippen molar-refractivity contribution in [2.45, 2.75) is 39.4 Å². The Labute approximate surface area is 123 Å². The second-order valence-electron chi connectivity index (χ2n) is 4.86. The average Bonchev–Trinajstić information content (AvgIpc) is 3.06. The summed E-state index contributed by atoms with van der Waals surface area (Å²) in [5.41, 5.74) is 0. The minimum atomic E-state index is -0.248. The Kier molecular flexibility index (Phi) is 4.98. The number of furan rings is 1. The van der Waals surface area contributed by atoms with Crippen molar-refractivity contribution in [3.63, 3.8) is 0 Å². The maximum absolute atomic E-state index is 12.0. The van der Waals surface area contributed by atoms with Crippen LogP contribution in [0.2, 0.25) is 0 Å². The summed E-state index contributed by atoms with van der Waals surface area (Å²) >= 11 is 1.75. The molecule has 0 aliphatic heterocycles. The number of carbonyl (C=O) groups excluding carboxylic acids is 1. The molecule has 0 spiro atoms. The number of nitrogens with one attached hydrogen (secondary N) is 2. The number of thiophene rings is 1. The second-order valence-corrected chi connectivity index (χ2v) is 6.18. The van der Waals surface area contributed by atoms with Gasteiger partial charge in [-0.05, 0) is 45.0 Å². The first-order valence-corrected chi connectivity index (χ1v) is 7.50. The third-order valence-electron chi connectivity index (χ3n) is 3.10. The molecule has 2 unspecified atom stereocenters. The van der Waals surface area contributed by atoms with Gasteiger partial charge in [0.2, 0.25) is 5.91 Å². The minimum Gasteiger partial charge on any atom is -0.467 e. The lowest BCUT2D eigenvalue weighted by atomic mass is 10.2. The summed E-state index contributed by atoms with van der Waals surface area (Å²) in [7, 11) is 0. The van der Waals surface area contributed by atoms with Gasteiger partial charge in [0.1, 0.15) is 5.76 Å². The van der Waals surface area contributed by atoms with E-state index in [2.05, 4.69) is 36.6 Å². The molecule has 2 aromatic rings. The molecule has 0 saturated heterocycles. The highest BCUT2D eigenvalue weighted by atomic mass is 32.1. The summed E-state index contributed by atoms with van der Waals surface area (Å²) in [5.74, 6) is 0.731. The number of amides is 1. The highest BCUT2D eigenvalue weighted by molar-refractivity contribution is 7.12. The van der Waals surface area contributed by atoms with E-state index in [0.717, 1.165) is 5.76 Å². The van der Waals surface area contributed by atoms with E-state index in [1.54, 1.807) is 17.6 Å². The van der Waals surface area contributed by atoms with Crippen molar-refractivity contribution >= 4 is 17.2 Å². The highest BCUT2D eigenvalue weighted by Crippen LogP contribution is 2.22. The molecule has 2 N–H and O–H groups in total. The maximum Gasteiger partial charge on any atom is 0.237 e. The standard InChI is InChI=1S/C15H20N2O2S/c1-10-6-7-14(20-10)11(2)17-12(3)15(18)16-9-13-5-4-8-19-13/h4-8,11-12,17H,9H2,1-3H3,(H,16,18). The highest BCUT2D eigenvalue weighted by Gasteiger charge is 2.17. The SMILES string of the molecule is Cc1ccc(C(C)NC(C)C(=O)NCc2ccco2)s1. The molecule has 0 aromatic carbocycles. The van der Waals surface area contributed by atoms with Gasteiger partial charge in [0.05, 0.1) is 18.8 Å². The molecule has 2 aromatic heterocycles. The van der Waals surface area contributed by atoms with Crippen LogP contribution >= 0.6 is 11.3 Å². The van der Waals surface area contributed by atoms with Crippen molar-refractivity contribution < 1.29 is 9.21 Å². The number of carbonyl (C=O) groups is 1. The van der Waals surface area contributed by atoms with Gasteiger partial charge in [-0.2, -0.15) is 0 Å². The monoisotopic (exact) mass is 292 g/mol. The first-order chi connectivity index (χ1) is 9.56. The fourth-order valence-electron chi connectivity index (χ4n) is 1.96. The van der Waals surface area contributed by atoms with Crippen molar-refractivity contribution in [2.75, 3.05) is 0 Å². The molecule has 0 fully saturated rings. The van der Waals surface area contributed by atoms with Gasteiger partial charge in [-0.15, -0.1) is 11.3 Å². The summed E-state index contributed by atoms with van der Waals surface area (Å²) in [6, 6.07) is 7.77. The summed E-state index contributed by atoms with van der Waals surface area (Å²) in [6.45, 7) is 6.45. The van der Waals surface area contributed by atoms with Crippen LogP contribution in [0.5, 0.6) is 0 Å². The number of hydrogen-bond donors (Lipinski definition) is 2. The fourth-order valence-corrected chi connectivity index (χ4v) is 2.85. The molecule has 2 heterocycles. The third-order valence-corrected chi connectivity index (χ3v) is 4.28. The summed E-state index contributed by atoms with van der Waals surface area (Å²) in [6.07, 6.45) is 1.60. The van der Waals surface area contributed by atoms with Gasteiger partial charge in [0.15, 0.2) is 0 Å². The largest absolute Gasteiger partial charge is 0.467 e. The predicted molar refractivity (Wildman–Crippen MR) is 80.6 cm³/mol.